The minimum absolute atomic E-state index is 0.445. The molecule has 0 spiro atoms. The Morgan fingerprint density at radius 2 is 2.12 bits per heavy atom. The number of nitrogens with zero attached hydrogens (tertiary/aromatic N) is 4. The van der Waals surface area contributed by atoms with Crippen LogP contribution < -0.4 is 10.6 Å². The fourth-order valence-electron chi connectivity index (χ4n) is 3.17. The van der Waals surface area contributed by atoms with Gasteiger partial charge in [-0.05, 0) is 32.9 Å². The molecule has 1 atom stereocenters. The van der Waals surface area contributed by atoms with Crippen LogP contribution in [-0.4, -0.2) is 65.7 Å². The lowest BCUT2D eigenvalue weighted by Gasteiger charge is -2.32. The van der Waals surface area contributed by atoms with Gasteiger partial charge in [-0.15, -0.1) is 0 Å². The van der Waals surface area contributed by atoms with Crippen molar-refractivity contribution >= 4 is 11.6 Å². The van der Waals surface area contributed by atoms with E-state index >= 15 is 0 Å². The maximum atomic E-state index is 5.43. The van der Waals surface area contributed by atoms with Crippen LogP contribution in [0, 0.1) is 6.92 Å². The van der Waals surface area contributed by atoms with Gasteiger partial charge in [0, 0.05) is 44.1 Å². The van der Waals surface area contributed by atoms with Crippen LogP contribution in [0.4, 0.5) is 0 Å². The highest BCUT2D eigenvalue weighted by molar-refractivity contribution is 5.79. The van der Waals surface area contributed by atoms with Gasteiger partial charge in [0.1, 0.15) is 5.65 Å². The van der Waals surface area contributed by atoms with Crippen molar-refractivity contribution in [2.45, 2.75) is 33.4 Å². The van der Waals surface area contributed by atoms with E-state index in [0.717, 1.165) is 56.7 Å². The van der Waals surface area contributed by atoms with Crippen molar-refractivity contribution < 1.29 is 4.74 Å². The molecule has 0 amide bonds. The number of fused-ring (bicyclic) bond motifs is 1. The smallest absolute Gasteiger partial charge is 0.191 e. The van der Waals surface area contributed by atoms with Crippen molar-refractivity contribution in [3.8, 4) is 0 Å². The maximum absolute atomic E-state index is 5.43. The summed E-state index contributed by atoms with van der Waals surface area (Å²) in [6, 6.07) is 6.58. The largest absolute Gasteiger partial charge is 0.379 e. The average molecular weight is 358 g/mol. The van der Waals surface area contributed by atoms with E-state index in [1.165, 1.54) is 5.69 Å². The standard InChI is InChI=1S/C19H30N6O/c1-4-20-19(21-12-16(3)24-8-10-26-11-9-24)22-13-17-14-25-15(2)6-5-7-18(25)23-17/h5-7,14,16H,4,8-13H2,1-3H3,(H2,20,21,22). The van der Waals surface area contributed by atoms with E-state index in [0.29, 0.717) is 12.6 Å². The number of aliphatic imine (C=N–C) groups is 1. The van der Waals surface area contributed by atoms with E-state index in [1.807, 2.05) is 12.1 Å². The number of pyridine rings is 1. The predicted molar refractivity (Wildman–Crippen MR) is 105 cm³/mol. The topological polar surface area (TPSA) is 66.2 Å². The summed E-state index contributed by atoms with van der Waals surface area (Å²) in [5.74, 6) is 0.835. The molecule has 1 saturated heterocycles. The third-order valence-electron chi connectivity index (χ3n) is 4.72. The van der Waals surface area contributed by atoms with Crippen LogP contribution in [0.25, 0.3) is 5.65 Å². The van der Waals surface area contributed by atoms with Crippen molar-refractivity contribution in [1.82, 2.24) is 24.9 Å². The van der Waals surface area contributed by atoms with E-state index in [9.17, 15) is 0 Å². The van der Waals surface area contributed by atoms with Gasteiger partial charge in [-0.1, -0.05) is 6.07 Å². The third kappa shape index (κ3) is 4.74. The van der Waals surface area contributed by atoms with Crippen LogP contribution >= 0.6 is 0 Å². The van der Waals surface area contributed by atoms with Crippen molar-refractivity contribution in [1.29, 1.82) is 0 Å². The molecule has 26 heavy (non-hydrogen) atoms. The fraction of sp³-hybridized carbons (Fsp3) is 0.579. The first kappa shape index (κ1) is 18.7. The molecule has 7 heteroatoms. The van der Waals surface area contributed by atoms with Crippen molar-refractivity contribution in [2.24, 2.45) is 4.99 Å². The molecule has 0 saturated carbocycles. The summed E-state index contributed by atoms with van der Waals surface area (Å²) in [4.78, 5) is 11.8. The Hall–Kier alpha value is -2.12. The van der Waals surface area contributed by atoms with Gasteiger partial charge in [-0.25, -0.2) is 9.98 Å². The molecule has 7 nitrogen and oxygen atoms in total. The molecule has 0 aliphatic carbocycles. The highest BCUT2D eigenvalue weighted by atomic mass is 16.5. The molecule has 142 valence electrons. The lowest BCUT2D eigenvalue weighted by atomic mass is 10.2. The van der Waals surface area contributed by atoms with Crippen LogP contribution in [0.15, 0.2) is 29.4 Å². The number of aromatic nitrogens is 2. The quantitative estimate of drug-likeness (QED) is 0.604. The van der Waals surface area contributed by atoms with Gasteiger partial charge in [0.2, 0.25) is 0 Å². The van der Waals surface area contributed by atoms with E-state index in [4.69, 9.17) is 9.73 Å². The zero-order valence-corrected chi connectivity index (χ0v) is 16.0. The van der Waals surface area contributed by atoms with Crippen LogP contribution in [0.5, 0.6) is 0 Å². The van der Waals surface area contributed by atoms with Gasteiger partial charge in [0.25, 0.3) is 0 Å². The highest BCUT2D eigenvalue weighted by Crippen LogP contribution is 2.09. The number of imidazole rings is 1. The maximum Gasteiger partial charge on any atom is 0.191 e. The summed E-state index contributed by atoms with van der Waals surface area (Å²) in [6.07, 6.45) is 2.06. The second-order valence-corrected chi connectivity index (χ2v) is 6.70. The summed E-state index contributed by atoms with van der Waals surface area (Å²) in [5.41, 5.74) is 3.11. The van der Waals surface area contributed by atoms with E-state index in [-0.39, 0.29) is 0 Å². The summed E-state index contributed by atoms with van der Waals surface area (Å²) in [5, 5.41) is 6.77. The number of guanidine groups is 1. The molecule has 3 heterocycles. The second kappa shape index (κ2) is 9.00. The molecule has 1 fully saturated rings. The van der Waals surface area contributed by atoms with E-state index in [1.54, 1.807) is 0 Å². The summed E-state index contributed by atoms with van der Waals surface area (Å²) in [6.45, 7) is 12.3. The number of hydrogen-bond acceptors (Lipinski definition) is 4. The molecule has 1 unspecified atom stereocenters. The number of morpholine rings is 1. The van der Waals surface area contributed by atoms with Gasteiger partial charge in [0.15, 0.2) is 5.96 Å². The summed E-state index contributed by atoms with van der Waals surface area (Å²) in [7, 11) is 0. The number of rotatable bonds is 6. The van der Waals surface area contributed by atoms with Gasteiger partial charge in [-0.3, -0.25) is 4.90 Å². The Labute approximate surface area is 155 Å². The van der Waals surface area contributed by atoms with Crippen molar-refractivity contribution in [2.75, 3.05) is 39.4 Å². The van der Waals surface area contributed by atoms with E-state index < -0.39 is 0 Å². The second-order valence-electron chi connectivity index (χ2n) is 6.70. The Morgan fingerprint density at radius 1 is 1.31 bits per heavy atom. The highest BCUT2D eigenvalue weighted by Gasteiger charge is 2.17. The van der Waals surface area contributed by atoms with Crippen LogP contribution in [0.3, 0.4) is 0 Å². The summed E-state index contributed by atoms with van der Waals surface area (Å²) >= 11 is 0. The Kier molecular flexibility index (Phi) is 6.46. The molecule has 3 rings (SSSR count). The molecular weight excluding hydrogens is 328 g/mol. The average Bonchev–Trinajstić information content (AvgIpc) is 3.09. The zero-order chi connectivity index (χ0) is 18.4. The first-order valence-electron chi connectivity index (χ1n) is 9.45. The normalized spacial score (nSPS) is 17.4. The van der Waals surface area contributed by atoms with Gasteiger partial charge in [-0.2, -0.15) is 0 Å². The SMILES string of the molecule is CCNC(=NCc1cn2c(C)cccc2n1)NCC(C)N1CCOCC1. The fourth-order valence-corrected chi connectivity index (χ4v) is 3.17. The van der Waals surface area contributed by atoms with Crippen LogP contribution in [0.1, 0.15) is 25.2 Å². The minimum atomic E-state index is 0.445. The molecule has 0 bridgehead atoms. The number of ether oxygens (including phenoxy) is 1. The monoisotopic (exact) mass is 358 g/mol. The number of hydrogen-bond donors (Lipinski definition) is 2. The first-order chi connectivity index (χ1) is 12.7. The zero-order valence-electron chi connectivity index (χ0n) is 16.0. The van der Waals surface area contributed by atoms with Gasteiger partial charge in [0.05, 0.1) is 25.5 Å². The lowest BCUT2D eigenvalue weighted by Crippen LogP contribution is -2.49. The molecule has 1 aliphatic rings. The van der Waals surface area contributed by atoms with Crippen molar-refractivity contribution in [3.63, 3.8) is 0 Å². The molecule has 1 aliphatic heterocycles. The molecular formula is C19H30N6O. The Bertz CT molecular complexity index is 735. The lowest BCUT2D eigenvalue weighted by molar-refractivity contribution is 0.0211. The third-order valence-corrected chi connectivity index (χ3v) is 4.72. The van der Waals surface area contributed by atoms with Gasteiger partial charge < -0.3 is 19.8 Å². The summed E-state index contributed by atoms with van der Waals surface area (Å²) < 4.78 is 7.53. The number of aryl methyl sites for hydroxylation is 1. The van der Waals surface area contributed by atoms with Crippen LogP contribution in [0.2, 0.25) is 0 Å². The molecule has 0 radical (unpaired) electrons. The molecule has 2 aromatic heterocycles. The molecule has 2 aromatic rings. The predicted octanol–water partition coefficient (Wildman–Crippen LogP) is 1.42. The Morgan fingerprint density at radius 3 is 2.85 bits per heavy atom. The van der Waals surface area contributed by atoms with Gasteiger partial charge >= 0.3 is 0 Å². The Balaban J connectivity index is 1.59. The van der Waals surface area contributed by atoms with Crippen LogP contribution in [-0.2, 0) is 11.3 Å². The molecule has 0 aromatic carbocycles. The minimum Gasteiger partial charge on any atom is -0.379 e. The number of nitrogens with one attached hydrogen (secondary N) is 2. The van der Waals surface area contributed by atoms with E-state index in [2.05, 4.69) is 58.0 Å². The first-order valence-corrected chi connectivity index (χ1v) is 9.45. The molecule has 2 N–H and O–H groups in total. The van der Waals surface area contributed by atoms with Crippen molar-refractivity contribution in [3.05, 3.63) is 35.8 Å².